The Labute approximate surface area is 119 Å². The first-order valence-corrected chi connectivity index (χ1v) is 7.06. The molecule has 20 heavy (non-hydrogen) atoms. The quantitative estimate of drug-likeness (QED) is 0.863. The zero-order valence-corrected chi connectivity index (χ0v) is 12.2. The van der Waals surface area contributed by atoms with Crippen molar-refractivity contribution in [2.45, 2.75) is 33.2 Å². The van der Waals surface area contributed by atoms with Gasteiger partial charge < -0.3 is 14.6 Å². The number of carbonyl (C=O) groups excluding carboxylic acids is 1. The molecule has 2 rings (SSSR count). The van der Waals surface area contributed by atoms with Gasteiger partial charge in [-0.2, -0.15) is 0 Å². The van der Waals surface area contributed by atoms with Crippen LogP contribution in [0.1, 0.15) is 31.1 Å². The Morgan fingerprint density at radius 3 is 2.45 bits per heavy atom. The Morgan fingerprint density at radius 2 is 1.80 bits per heavy atom. The highest BCUT2D eigenvalue weighted by Crippen LogP contribution is 2.34. The van der Waals surface area contributed by atoms with E-state index in [2.05, 4.69) is 13.8 Å². The van der Waals surface area contributed by atoms with Crippen LogP contribution in [0, 0.1) is 17.8 Å². The average molecular weight is 278 g/mol. The first-order valence-electron chi connectivity index (χ1n) is 7.06. The van der Waals surface area contributed by atoms with Gasteiger partial charge in [-0.25, -0.2) is 4.79 Å². The Hall–Kier alpha value is -1.39. The maximum absolute atomic E-state index is 11.9. The lowest BCUT2D eigenvalue weighted by Gasteiger charge is -2.41. The molecular formula is C16H22O4. The van der Waals surface area contributed by atoms with Crippen LogP contribution in [0.4, 0.5) is 0 Å². The number of benzene rings is 1. The number of ether oxygens (including phenoxy) is 2. The lowest BCUT2D eigenvalue weighted by molar-refractivity contribution is -0.232. The van der Waals surface area contributed by atoms with E-state index in [1.54, 1.807) is 24.3 Å². The lowest BCUT2D eigenvalue weighted by atomic mass is 9.79. The van der Waals surface area contributed by atoms with Crippen molar-refractivity contribution < 1.29 is 19.4 Å². The molecule has 0 aromatic heterocycles. The summed E-state index contributed by atoms with van der Waals surface area (Å²) in [5.74, 6) is 0.282. The lowest BCUT2D eigenvalue weighted by Crippen LogP contribution is -2.46. The van der Waals surface area contributed by atoms with Crippen LogP contribution >= 0.6 is 0 Å². The molecule has 5 atom stereocenters. The summed E-state index contributed by atoms with van der Waals surface area (Å²) in [5.41, 5.74) is 0.526. The van der Waals surface area contributed by atoms with E-state index in [-0.39, 0.29) is 30.5 Å². The van der Waals surface area contributed by atoms with E-state index in [0.717, 1.165) is 0 Å². The summed E-state index contributed by atoms with van der Waals surface area (Å²) >= 11 is 0. The van der Waals surface area contributed by atoms with E-state index in [1.807, 2.05) is 13.0 Å². The number of hydrogen-bond donors (Lipinski definition) is 1. The summed E-state index contributed by atoms with van der Waals surface area (Å²) in [6.45, 7) is 6.29. The second-order valence-electron chi connectivity index (χ2n) is 5.61. The fourth-order valence-electron chi connectivity index (χ4n) is 2.51. The van der Waals surface area contributed by atoms with Crippen molar-refractivity contribution >= 4 is 5.97 Å². The van der Waals surface area contributed by atoms with Gasteiger partial charge in [0.15, 0.2) is 6.29 Å². The summed E-state index contributed by atoms with van der Waals surface area (Å²) in [6, 6.07) is 8.87. The van der Waals surface area contributed by atoms with Crippen molar-refractivity contribution in [1.82, 2.24) is 0 Å². The molecular weight excluding hydrogens is 256 g/mol. The molecule has 0 radical (unpaired) electrons. The fraction of sp³-hybridized carbons (Fsp3) is 0.562. The first-order chi connectivity index (χ1) is 9.50. The van der Waals surface area contributed by atoms with Crippen LogP contribution in [0.3, 0.4) is 0 Å². The molecule has 1 aromatic rings. The molecule has 1 aliphatic rings. The third kappa shape index (κ3) is 3.19. The number of rotatable bonds is 3. The molecule has 1 aliphatic heterocycles. The van der Waals surface area contributed by atoms with Gasteiger partial charge in [-0.15, -0.1) is 0 Å². The Balaban J connectivity index is 1.92. The minimum Gasteiger partial charge on any atom is -0.459 e. The van der Waals surface area contributed by atoms with Crippen molar-refractivity contribution in [2.24, 2.45) is 17.8 Å². The SMILES string of the molecule is CC1[C@@H](C)[C@H](C)C(COC(=O)c2ccccc2)O[C@@H]1O. The van der Waals surface area contributed by atoms with Crippen molar-refractivity contribution in [2.75, 3.05) is 6.61 Å². The van der Waals surface area contributed by atoms with Crippen LogP contribution in [-0.4, -0.2) is 30.1 Å². The predicted octanol–water partition coefficient (Wildman–Crippen LogP) is 2.47. The van der Waals surface area contributed by atoms with Gasteiger partial charge in [-0.05, 0) is 24.0 Å². The Morgan fingerprint density at radius 1 is 1.15 bits per heavy atom. The first kappa shape index (κ1) is 15.0. The van der Waals surface area contributed by atoms with Gasteiger partial charge in [0.05, 0.1) is 11.7 Å². The second-order valence-corrected chi connectivity index (χ2v) is 5.61. The zero-order chi connectivity index (χ0) is 14.7. The van der Waals surface area contributed by atoms with E-state index < -0.39 is 6.29 Å². The summed E-state index contributed by atoms with van der Waals surface area (Å²) in [5, 5.41) is 9.86. The molecule has 0 amide bonds. The smallest absolute Gasteiger partial charge is 0.338 e. The van der Waals surface area contributed by atoms with E-state index in [0.29, 0.717) is 11.5 Å². The Bertz CT molecular complexity index is 445. The molecule has 4 heteroatoms. The molecule has 1 saturated heterocycles. The maximum Gasteiger partial charge on any atom is 0.338 e. The van der Waals surface area contributed by atoms with Gasteiger partial charge in [0.25, 0.3) is 0 Å². The van der Waals surface area contributed by atoms with Crippen molar-refractivity contribution in [3.05, 3.63) is 35.9 Å². The van der Waals surface area contributed by atoms with Gasteiger partial charge in [0, 0.05) is 5.92 Å². The summed E-state index contributed by atoms with van der Waals surface area (Å²) < 4.78 is 10.8. The maximum atomic E-state index is 11.9. The zero-order valence-electron chi connectivity index (χ0n) is 12.2. The van der Waals surface area contributed by atoms with Crippen LogP contribution in [-0.2, 0) is 9.47 Å². The van der Waals surface area contributed by atoms with Crippen LogP contribution < -0.4 is 0 Å². The van der Waals surface area contributed by atoms with Gasteiger partial charge in [0.1, 0.15) is 6.61 Å². The molecule has 1 aromatic carbocycles. The van der Waals surface area contributed by atoms with E-state index in [1.165, 1.54) is 0 Å². The van der Waals surface area contributed by atoms with Crippen molar-refractivity contribution in [3.8, 4) is 0 Å². The third-order valence-corrected chi connectivity index (χ3v) is 4.40. The molecule has 2 unspecified atom stereocenters. The van der Waals surface area contributed by atoms with Crippen molar-refractivity contribution in [1.29, 1.82) is 0 Å². The van der Waals surface area contributed by atoms with Crippen LogP contribution in [0.25, 0.3) is 0 Å². The highest BCUT2D eigenvalue weighted by atomic mass is 16.6. The largest absolute Gasteiger partial charge is 0.459 e. The van der Waals surface area contributed by atoms with E-state index in [4.69, 9.17) is 9.47 Å². The summed E-state index contributed by atoms with van der Waals surface area (Å²) in [6.07, 6.45) is -1.05. The monoisotopic (exact) mass is 278 g/mol. The third-order valence-electron chi connectivity index (χ3n) is 4.40. The molecule has 1 fully saturated rings. The molecule has 0 spiro atoms. The molecule has 1 heterocycles. The van der Waals surface area contributed by atoms with Crippen LogP contribution in [0.5, 0.6) is 0 Å². The highest BCUT2D eigenvalue weighted by Gasteiger charge is 2.38. The average Bonchev–Trinajstić information content (AvgIpc) is 2.48. The number of esters is 1. The van der Waals surface area contributed by atoms with E-state index in [9.17, 15) is 9.90 Å². The molecule has 1 N–H and O–H groups in total. The second kappa shape index (κ2) is 6.37. The number of hydrogen-bond acceptors (Lipinski definition) is 4. The molecule has 0 aliphatic carbocycles. The minimum atomic E-state index is -0.790. The number of aliphatic hydroxyl groups is 1. The minimum absolute atomic E-state index is 0.0890. The topological polar surface area (TPSA) is 55.8 Å². The predicted molar refractivity (Wildman–Crippen MR) is 75.1 cm³/mol. The fourth-order valence-corrected chi connectivity index (χ4v) is 2.51. The molecule has 110 valence electrons. The van der Waals surface area contributed by atoms with Gasteiger partial charge in [-0.1, -0.05) is 39.0 Å². The molecule has 0 bridgehead atoms. The van der Waals surface area contributed by atoms with Gasteiger partial charge in [-0.3, -0.25) is 0 Å². The number of aliphatic hydroxyl groups excluding tert-OH is 1. The molecule has 4 nitrogen and oxygen atoms in total. The van der Waals surface area contributed by atoms with Gasteiger partial charge >= 0.3 is 5.97 Å². The highest BCUT2D eigenvalue weighted by molar-refractivity contribution is 5.89. The normalized spacial score (nSPS) is 33.7. The standard InChI is InChI=1S/C16H22O4/c1-10-11(2)14(20-15(17)12(10)3)9-19-16(18)13-7-5-4-6-8-13/h4-8,10-12,14-15,17H,9H2,1-3H3/t10-,11-,12?,14?,15-/m0/s1. The summed E-state index contributed by atoms with van der Waals surface area (Å²) in [7, 11) is 0. The van der Waals surface area contributed by atoms with Gasteiger partial charge in [0.2, 0.25) is 0 Å². The molecule has 0 saturated carbocycles. The van der Waals surface area contributed by atoms with Crippen LogP contribution in [0.2, 0.25) is 0 Å². The number of carbonyl (C=O) groups is 1. The van der Waals surface area contributed by atoms with E-state index >= 15 is 0 Å². The Kier molecular flexibility index (Phi) is 4.78. The van der Waals surface area contributed by atoms with Crippen molar-refractivity contribution in [3.63, 3.8) is 0 Å². The summed E-state index contributed by atoms with van der Waals surface area (Å²) in [4.78, 5) is 11.9. The van der Waals surface area contributed by atoms with Crippen LogP contribution in [0.15, 0.2) is 30.3 Å².